The van der Waals surface area contributed by atoms with Crippen LogP contribution < -0.4 is 10.6 Å². The number of likely N-dealkylation sites (N-methyl/N-ethyl adjacent to an activating group) is 1. The molecule has 5 nitrogen and oxygen atoms in total. The normalized spacial score (nSPS) is 19.1. The highest BCUT2D eigenvalue weighted by Gasteiger charge is 2.32. The molecule has 0 aromatic carbocycles. The Hall–Kier alpha value is -1.36. The molecular weight excluding hydrogens is 228 g/mol. The predicted molar refractivity (Wildman–Crippen MR) is 70.0 cm³/mol. The van der Waals surface area contributed by atoms with Crippen LogP contribution in [0.15, 0.2) is 12.4 Å². The van der Waals surface area contributed by atoms with Gasteiger partial charge in [0, 0.05) is 25.4 Å². The summed E-state index contributed by atoms with van der Waals surface area (Å²) in [5, 5.41) is 10.2. The number of hydrogen-bond donors (Lipinski definition) is 2. The Labute approximate surface area is 108 Å². The Morgan fingerprint density at radius 3 is 2.78 bits per heavy atom. The SMILES string of the molecule is CNC(C(=O)NCC1(C)CCC1)c1cnn(C)c1. The van der Waals surface area contributed by atoms with Gasteiger partial charge in [0.05, 0.1) is 6.20 Å². The van der Waals surface area contributed by atoms with Gasteiger partial charge in [-0.25, -0.2) is 0 Å². The van der Waals surface area contributed by atoms with Crippen LogP contribution in [0.3, 0.4) is 0 Å². The minimum Gasteiger partial charge on any atom is -0.354 e. The zero-order valence-electron chi connectivity index (χ0n) is 11.4. The molecule has 2 N–H and O–H groups in total. The van der Waals surface area contributed by atoms with Gasteiger partial charge >= 0.3 is 0 Å². The van der Waals surface area contributed by atoms with Gasteiger partial charge in [0.25, 0.3) is 0 Å². The summed E-state index contributed by atoms with van der Waals surface area (Å²) in [6, 6.07) is -0.317. The summed E-state index contributed by atoms with van der Waals surface area (Å²) in [7, 11) is 3.64. The van der Waals surface area contributed by atoms with E-state index < -0.39 is 0 Å². The van der Waals surface area contributed by atoms with Gasteiger partial charge in [0.2, 0.25) is 5.91 Å². The summed E-state index contributed by atoms with van der Waals surface area (Å²) in [5.74, 6) is 0.0265. The largest absolute Gasteiger partial charge is 0.354 e. The van der Waals surface area contributed by atoms with Crippen LogP contribution >= 0.6 is 0 Å². The maximum atomic E-state index is 12.2. The van der Waals surface area contributed by atoms with E-state index in [-0.39, 0.29) is 11.9 Å². The highest BCUT2D eigenvalue weighted by molar-refractivity contribution is 5.83. The van der Waals surface area contributed by atoms with E-state index in [1.807, 2.05) is 13.2 Å². The second-order valence-electron chi connectivity index (χ2n) is 5.55. The number of nitrogens with one attached hydrogen (secondary N) is 2. The van der Waals surface area contributed by atoms with Crippen LogP contribution in [-0.4, -0.2) is 29.3 Å². The van der Waals surface area contributed by atoms with Crippen molar-refractivity contribution in [2.75, 3.05) is 13.6 Å². The van der Waals surface area contributed by atoms with Crippen molar-refractivity contribution in [1.82, 2.24) is 20.4 Å². The molecule has 1 atom stereocenters. The van der Waals surface area contributed by atoms with Crippen LogP contribution in [0.5, 0.6) is 0 Å². The molecular formula is C13H22N4O. The van der Waals surface area contributed by atoms with Gasteiger partial charge in [0.1, 0.15) is 6.04 Å². The lowest BCUT2D eigenvalue weighted by Gasteiger charge is -2.38. The van der Waals surface area contributed by atoms with Crippen molar-refractivity contribution in [3.8, 4) is 0 Å². The molecule has 2 rings (SSSR count). The van der Waals surface area contributed by atoms with Crippen LogP contribution in [0.25, 0.3) is 0 Å². The second kappa shape index (κ2) is 5.10. The Kier molecular flexibility index (Phi) is 3.71. The van der Waals surface area contributed by atoms with E-state index in [1.165, 1.54) is 19.3 Å². The Balaban J connectivity index is 1.93. The molecule has 0 bridgehead atoms. The third-order valence-corrected chi connectivity index (χ3v) is 3.86. The van der Waals surface area contributed by atoms with E-state index in [0.29, 0.717) is 5.41 Å². The highest BCUT2D eigenvalue weighted by Crippen LogP contribution is 2.39. The molecule has 18 heavy (non-hydrogen) atoms. The van der Waals surface area contributed by atoms with Crippen molar-refractivity contribution in [1.29, 1.82) is 0 Å². The van der Waals surface area contributed by atoms with Crippen molar-refractivity contribution in [2.24, 2.45) is 12.5 Å². The summed E-state index contributed by atoms with van der Waals surface area (Å²) >= 11 is 0. The molecule has 5 heteroatoms. The highest BCUT2D eigenvalue weighted by atomic mass is 16.2. The van der Waals surface area contributed by atoms with Crippen LogP contribution in [0.4, 0.5) is 0 Å². The number of amides is 1. The molecule has 0 spiro atoms. The standard InChI is InChI=1S/C13H22N4O/c1-13(5-4-6-13)9-15-12(18)11(14-2)10-7-16-17(3)8-10/h7-8,11,14H,4-6,9H2,1-3H3,(H,15,18). The number of aromatic nitrogens is 2. The molecule has 100 valence electrons. The summed E-state index contributed by atoms with van der Waals surface area (Å²) < 4.78 is 1.71. The third-order valence-electron chi connectivity index (χ3n) is 3.86. The van der Waals surface area contributed by atoms with Crippen LogP contribution in [-0.2, 0) is 11.8 Å². The molecule has 1 fully saturated rings. The first-order valence-electron chi connectivity index (χ1n) is 6.48. The fourth-order valence-corrected chi connectivity index (χ4v) is 2.40. The summed E-state index contributed by atoms with van der Waals surface area (Å²) in [6.07, 6.45) is 7.30. The topological polar surface area (TPSA) is 59.0 Å². The Morgan fingerprint density at radius 1 is 1.61 bits per heavy atom. The average molecular weight is 250 g/mol. The fraction of sp³-hybridized carbons (Fsp3) is 0.692. The lowest BCUT2D eigenvalue weighted by atomic mass is 9.70. The van der Waals surface area contributed by atoms with Gasteiger partial charge in [-0.1, -0.05) is 13.3 Å². The van der Waals surface area contributed by atoms with Gasteiger partial charge in [-0.05, 0) is 25.3 Å². The Bertz CT molecular complexity index is 422. The smallest absolute Gasteiger partial charge is 0.241 e. The minimum atomic E-state index is -0.317. The van der Waals surface area contributed by atoms with Crippen molar-refractivity contribution in [2.45, 2.75) is 32.2 Å². The predicted octanol–water partition coefficient (Wildman–Crippen LogP) is 0.987. The number of aryl methyl sites for hydroxylation is 1. The quantitative estimate of drug-likeness (QED) is 0.819. The zero-order chi connectivity index (χ0) is 13.2. The van der Waals surface area contributed by atoms with Gasteiger partial charge in [-0.2, -0.15) is 5.10 Å². The maximum absolute atomic E-state index is 12.2. The number of carbonyl (C=O) groups is 1. The molecule has 1 aromatic rings. The lowest BCUT2D eigenvalue weighted by Crippen LogP contribution is -2.43. The van der Waals surface area contributed by atoms with E-state index in [1.54, 1.807) is 17.9 Å². The molecule has 1 saturated carbocycles. The van der Waals surface area contributed by atoms with E-state index >= 15 is 0 Å². The van der Waals surface area contributed by atoms with Crippen molar-refractivity contribution in [3.05, 3.63) is 18.0 Å². The zero-order valence-corrected chi connectivity index (χ0v) is 11.4. The van der Waals surface area contributed by atoms with Crippen molar-refractivity contribution >= 4 is 5.91 Å². The average Bonchev–Trinajstić information content (AvgIpc) is 2.71. The van der Waals surface area contributed by atoms with Gasteiger partial charge < -0.3 is 10.6 Å². The first-order chi connectivity index (χ1) is 8.54. The molecule has 0 radical (unpaired) electrons. The van der Waals surface area contributed by atoms with Crippen LogP contribution in [0.2, 0.25) is 0 Å². The van der Waals surface area contributed by atoms with Gasteiger partial charge in [0.15, 0.2) is 0 Å². The molecule has 1 unspecified atom stereocenters. The Morgan fingerprint density at radius 2 is 2.33 bits per heavy atom. The maximum Gasteiger partial charge on any atom is 0.241 e. The molecule has 1 aliphatic rings. The number of hydrogen-bond acceptors (Lipinski definition) is 3. The molecule has 0 aliphatic heterocycles. The summed E-state index contributed by atoms with van der Waals surface area (Å²) in [6.45, 7) is 3.00. The first kappa shape index (κ1) is 13.1. The van der Waals surface area contributed by atoms with E-state index in [2.05, 4.69) is 22.7 Å². The van der Waals surface area contributed by atoms with Crippen LogP contribution in [0.1, 0.15) is 37.8 Å². The first-order valence-corrected chi connectivity index (χ1v) is 6.48. The van der Waals surface area contributed by atoms with Crippen molar-refractivity contribution < 1.29 is 4.79 Å². The monoisotopic (exact) mass is 250 g/mol. The second-order valence-corrected chi connectivity index (χ2v) is 5.55. The molecule has 1 amide bonds. The van der Waals surface area contributed by atoms with Crippen LogP contribution in [0, 0.1) is 5.41 Å². The molecule has 1 aromatic heterocycles. The van der Waals surface area contributed by atoms with Gasteiger partial charge in [-0.3, -0.25) is 9.48 Å². The molecule has 1 aliphatic carbocycles. The summed E-state index contributed by atoms with van der Waals surface area (Å²) in [5.41, 5.74) is 1.21. The number of nitrogens with zero attached hydrogens (tertiary/aromatic N) is 2. The van der Waals surface area contributed by atoms with E-state index in [4.69, 9.17) is 0 Å². The van der Waals surface area contributed by atoms with E-state index in [0.717, 1.165) is 12.1 Å². The number of rotatable bonds is 5. The third kappa shape index (κ3) is 2.72. The van der Waals surface area contributed by atoms with Crippen molar-refractivity contribution in [3.63, 3.8) is 0 Å². The molecule has 1 heterocycles. The lowest BCUT2D eigenvalue weighted by molar-refractivity contribution is -0.124. The van der Waals surface area contributed by atoms with E-state index in [9.17, 15) is 4.79 Å². The fourth-order valence-electron chi connectivity index (χ4n) is 2.40. The minimum absolute atomic E-state index is 0.0265. The molecule has 0 saturated heterocycles. The summed E-state index contributed by atoms with van der Waals surface area (Å²) in [4.78, 5) is 12.2. The number of carbonyl (C=O) groups excluding carboxylic acids is 1. The van der Waals surface area contributed by atoms with Gasteiger partial charge in [-0.15, -0.1) is 0 Å².